The third kappa shape index (κ3) is 3.17. The molecule has 3 heteroatoms. The fourth-order valence-corrected chi connectivity index (χ4v) is 2.32. The summed E-state index contributed by atoms with van der Waals surface area (Å²) in [5, 5.41) is 3.37. The van der Waals surface area contributed by atoms with E-state index in [0.29, 0.717) is 0 Å². The fourth-order valence-electron chi connectivity index (χ4n) is 2.32. The zero-order valence-electron chi connectivity index (χ0n) is 12.4. The highest BCUT2D eigenvalue weighted by Gasteiger charge is 2.18. The molecule has 1 N–H and O–H groups in total. The van der Waals surface area contributed by atoms with Gasteiger partial charge in [-0.05, 0) is 43.7 Å². The lowest BCUT2D eigenvalue weighted by Gasteiger charge is -2.21. The molecule has 1 unspecified atom stereocenters. The summed E-state index contributed by atoms with van der Waals surface area (Å²) in [6.45, 7) is 4.96. The van der Waals surface area contributed by atoms with Crippen LogP contribution < -0.4 is 10.1 Å². The molecular formula is C17H22N2O. The Balaban J connectivity index is 2.39. The van der Waals surface area contributed by atoms with Crippen molar-refractivity contribution in [2.75, 3.05) is 13.7 Å². The molecule has 2 aromatic rings. The van der Waals surface area contributed by atoms with Crippen molar-refractivity contribution >= 4 is 0 Å². The molecule has 0 aliphatic carbocycles. The summed E-state index contributed by atoms with van der Waals surface area (Å²) in [5.74, 6) is 0.942. The topological polar surface area (TPSA) is 34.1 Å². The monoisotopic (exact) mass is 270 g/mol. The van der Waals surface area contributed by atoms with E-state index in [1.54, 1.807) is 0 Å². The summed E-state index contributed by atoms with van der Waals surface area (Å²) >= 11 is 0. The highest BCUT2D eigenvalue weighted by atomic mass is 16.5. The molecule has 0 bridgehead atoms. The molecule has 0 aliphatic heterocycles. The van der Waals surface area contributed by atoms with Crippen LogP contribution >= 0.6 is 0 Å². The number of ether oxygens (including phenoxy) is 1. The highest BCUT2D eigenvalue weighted by Crippen LogP contribution is 2.30. The Labute approximate surface area is 121 Å². The van der Waals surface area contributed by atoms with Gasteiger partial charge in [-0.15, -0.1) is 0 Å². The number of hydrogen-bond acceptors (Lipinski definition) is 3. The molecule has 0 radical (unpaired) electrons. The second-order valence-electron chi connectivity index (χ2n) is 4.84. The Morgan fingerprint density at radius 3 is 2.70 bits per heavy atom. The van der Waals surface area contributed by atoms with Crippen LogP contribution in [0.25, 0.3) is 0 Å². The number of rotatable bonds is 6. The van der Waals surface area contributed by atoms with Gasteiger partial charge in [-0.1, -0.05) is 25.1 Å². The molecule has 106 valence electrons. The third-order valence-electron chi connectivity index (χ3n) is 3.37. The van der Waals surface area contributed by atoms with Crippen molar-refractivity contribution in [3.63, 3.8) is 0 Å². The summed E-state index contributed by atoms with van der Waals surface area (Å²) in [4.78, 5) is 4.25. The van der Waals surface area contributed by atoms with E-state index in [1.807, 2.05) is 43.7 Å². The van der Waals surface area contributed by atoms with Crippen LogP contribution in [0.2, 0.25) is 0 Å². The van der Waals surface area contributed by atoms with Crippen LogP contribution in [0.15, 0.2) is 42.7 Å². The fraction of sp³-hybridized carbons (Fsp3) is 0.353. The van der Waals surface area contributed by atoms with Crippen LogP contribution in [-0.4, -0.2) is 18.6 Å². The maximum absolute atomic E-state index is 5.87. The average molecular weight is 270 g/mol. The van der Waals surface area contributed by atoms with Gasteiger partial charge in [0.2, 0.25) is 0 Å². The minimum atomic E-state index is 0.0942. The zero-order valence-corrected chi connectivity index (χ0v) is 12.4. The third-order valence-corrected chi connectivity index (χ3v) is 3.37. The minimum absolute atomic E-state index is 0.0942. The molecule has 0 amide bonds. The summed E-state index contributed by atoms with van der Waals surface area (Å²) in [6.07, 6.45) is 4.75. The van der Waals surface area contributed by atoms with Crippen molar-refractivity contribution < 1.29 is 4.74 Å². The summed E-state index contributed by atoms with van der Waals surface area (Å²) in [5.41, 5.74) is 3.56. The largest absolute Gasteiger partial charge is 0.493 e. The molecule has 1 atom stereocenters. The molecule has 1 aromatic carbocycles. The molecule has 0 saturated carbocycles. The van der Waals surface area contributed by atoms with Crippen molar-refractivity contribution in [1.29, 1.82) is 0 Å². The molecule has 0 saturated heterocycles. The molecule has 3 nitrogen and oxygen atoms in total. The van der Waals surface area contributed by atoms with Crippen LogP contribution in [0.4, 0.5) is 0 Å². The van der Waals surface area contributed by atoms with Gasteiger partial charge in [0, 0.05) is 18.0 Å². The van der Waals surface area contributed by atoms with Gasteiger partial charge in [0.25, 0.3) is 0 Å². The van der Waals surface area contributed by atoms with Gasteiger partial charge in [-0.2, -0.15) is 0 Å². The van der Waals surface area contributed by atoms with Gasteiger partial charge in [0.05, 0.1) is 12.6 Å². The van der Waals surface area contributed by atoms with Crippen molar-refractivity contribution in [2.45, 2.75) is 26.3 Å². The second kappa shape index (κ2) is 7.06. The number of pyridine rings is 1. The van der Waals surface area contributed by atoms with Crippen LogP contribution in [0.3, 0.4) is 0 Å². The van der Waals surface area contributed by atoms with E-state index in [-0.39, 0.29) is 6.04 Å². The zero-order chi connectivity index (χ0) is 14.4. The molecule has 0 spiro atoms. The molecule has 0 fully saturated rings. The Morgan fingerprint density at radius 2 is 2.00 bits per heavy atom. The Kier molecular flexibility index (Phi) is 5.13. The van der Waals surface area contributed by atoms with E-state index in [0.717, 1.165) is 24.3 Å². The van der Waals surface area contributed by atoms with Gasteiger partial charge in [0.15, 0.2) is 0 Å². The highest BCUT2D eigenvalue weighted by molar-refractivity contribution is 5.42. The first-order valence-electron chi connectivity index (χ1n) is 7.07. The first kappa shape index (κ1) is 14.5. The number of nitrogens with one attached hydrogen (secondary N) is 1. The maximum Gasteiger partial charge on any atom is 0.124 e. The number of aromatic nitrogens is 1. The van der Waals surface area contributed by atoms with Crippen molar-refractivity contribution in [3.8, 4) is 5.75 Å². The van der Waals surface area contributed by atoms with Crippen molar-refractivity contribution in [2.24, 2.45) is 0 Å². The van der Waals surface area contributed by atoms with E-state index >= 15 is 0 Å². The molecule has 1 aromatic heterocycles. The number of nitrogens with zero attached hydrogens (tertiary/aromatic N) is 1. The van der Waals surface area contributed by atoms with E-state index in [1.165, 1.54) is 11.1 Å². The van der Waals surface area contributed by atoms with Crippen LogP contribution in [0, 0.1) is 6.92 Å². The summed E-state index contributed by atoms with van der Waals surface area (Å²) < 4.78 is 5.87. The van der Waals surface area contributed by atoms with Crippen molar-refractivity contribution in [3.05, 3.63) is 59.4 Å². The number of hydrogen-bond donors (Lipinski definition) is 1. The summed E-state index contributed by atoms with van der Waals surface area (Å²) in [7, 11) is 1.97. The van der Waals surface area contributed by atoms with Crippen LogP contribution in [0.1, 0.15) is 36.1 Å². The predicted octanol–water partition coefficient (Wildman–Crippen LogP) is 3.49. The lowest BCUT2D eigenvalue weighted by molar-refractivity contribution is 0.312. The normalized spacial score (nSPS) is 12.2. The van der Waals surface area contributed by atoms with Gasteiger partial charge in [0.1, 0.15) is 5.75 Å². The van der Waals surface area contributed by atoms with E-state index in [4.69, 9.17) is 4.74 Å². The minimum Gasteiger partial charge on any atom is -0.493 e. The Bertz CT molecular complexity index is 554. The lowest BCUT2D eigenvalue weighted by Crippen LogP contribution is -2.20. The number of benzene rings is 1. The predicted molar refractivity (Wildman–Crippen MR) is 82.1 cm³/mol. The lowest BCUT2D eigenvalue weighted by atomic mass is 9.96. The quantitative estimate of drug-likeness (QED) is 0.872. The van der Waals surface area contributed by atoms with E-state index < -0.39 is 0 Å². The standard InChI is InChI=1S/C17H22N2O/c1-4-11-20-16-8-6-5-7-14(16)17(18-3)15-12-19-10-9-13(15)2/h5-10,12,17-18H,4,11H2,1-3H3. The first-order valence-corrected chi connectivity index (χ1v) is 7.07. The molecule has 1 heterocycles. The maximum atomic E-state index is 5.87. The number of para-hydroxylation sites is 1. The van der Waals surface area contributed by atoms with Crippen molar-refractivity contribution in [1.82, 2.24) is 10.3 Å². The molecule has 2 rings (SSSR count). The molecule has 0 aliphatic rings. The van der Waals surface area contributed by atoms with E-state index in [9.17, 15) is 0 Å². The Hall–Kier alpha value is -1.87. The van der Waals surface area contributed by atoms with Gasteiger partial charge in [-0.25, -0.2) is 0 Å². The SMILES string of the molecule is CCCOc1ccccc1C(NC)c1cnccc1C. The van der Waals surface area contributed by atoms with Gasteiger partial charge >= 0.3 is 0 Å². The first-order chi connectivity index (χ1) is 9.77. The summed E-state index contributed by atoms with van der Waals surface area (Å²) in [6, 6.07) is 10.3. The second-order valence-corrected chi connectivity index (χ2v) is 4.84. The average Bonchev–Trinajstić information content (AvgIpc) is 2.49. The molecule has 20 heavy (non-hydrogen) atoms. The van der Waals surface area contributed by atoms with E-state index in [2.05, 4.69) is 30.2 Å². The van der Waals surface area contributed by atoms with Crippen LogP contribution in [0.5, 0.6) is 5.75 Å². The van der Waals surface area contributed by atoms with Crippen LogP contribution in [-0.2, 0) is 0 Å². The van der Waals surface area contributed by atoms with Gasteiger partial charge < -0.3 is 10.1 Å². The number of aryl methyl sites for hydroxylation is 1. The van der Waals surface area contributed by atoms with Gasteiger partial charge in [-0.3, -0.25) is 4.98 Å². The molecular weight excluding hydrogens is 248 g/mol. The smallest absolute Gasteiger partial charge is 0.124 e. The Morgan fingerprint density at radius 1 is 1.20 bits per heavy atom.